The lowest BCUT2D eigenvalue weighted by Crippen LogP contribution is -2.19. The zero-order chi connectivity index (χ0) is 22.6. The molecule has 1 aromatic carbocycles. The van der Waals surface area contributed by atoms with Crippen LogP contribution in [0, 0.1) is 6.92 Å². The molecule has 0 saturated carbocycles. The first-order valence-corrected chi connectivity index (χ1v) is 9.33. The largest absolute Gasteiger partial charge is 0.483 e. The second kappa shape index (κ2) is 9.30. The lowest BCUT2D eigenvalue weighted by atomic mass is 10.1. The lowest BCUT2D eigenvalue weighted by Gasteiger charge is -2.12. The summed E-state index contributed by atoms with van der Waals surface area (Å²) in [6.07, 6.45) is -3.29. The van der Waals surface area contributed by atoms with Gasteiger partial charge in [-0.05, 0) is 49.4 Å². The summed E-state index contributed by atoms with van der Waals surface area (Å²) in [5, 5.41) is 3.05. The molecule has 0 spiro atoms. The number of hydrogen-bond donors (Lipinski definition) is 1. The quantitative estimate of drug-likeness (QED) is 0.481. The summed E-state index contributed by atoms with van der Waals surface area (Å²) in [7, 11) is 0. The molecule has 0 radical (unpaired) electrons. The van der Waals surface area contributed by atoms with Gasteiger partial charge in [0, 0.05) is 11.3 Å². The van der Waals surface area contributed by atoms with Gasteiger partial charge in [-0.3, -0.25) is 14.8 Å². The summed E-state index contributed by atoms with van der Waals surface area (Å²) in [6.45, 7) is -0.541. The molecule has 1 amide bonds. The van der Waals surface area contributed by atoms with Crippen LogP contribution in [-0.4, -0.2) is 28.7 Å². The van der Waals surface area contributed by atoms with Crippen molar-refractivity contribution in [3.63, 3.8) is 0 Å². The molecule has 162 valence electrons. The SMILES string of the molecule is Cc1nc(CF)ccc1C(=O)Nc1ccc(Cl)c(-c2ccc(OCC(F)(F)F)cn2)c1. The third kappa shape index (κ3) is 5.91. The summed E-state index contributed by atoms with van der Waals surface area (Å²) in [5.74, 6) is -0.478. The Morgan fingerprint density at radius 2 is 1.94 bits per heavy atom. The van der Waals surface area contributed by atoms with E-state index in [0.717, 1.165) is 6.20 Å². The fourth-order valence-electron chi connectivity index (χ4n) is 2.72. The van der Waals surface area contributed by atoms with E-state index in [2.05, 4.69) is 20.0 Å². The molecule has 2 heterocycles. The molecule has 0 saturated heterocycles. The second-order valence-electron chi connectivity index (χ2n) is 6.50. The molecule has 0 unspecified atom stereocenters. The first-order valence-electron chi connectivity index (χ1n) is 8.95. The van der Waals surface area contributed by atoms with Gasteiger partial charge in [-0.1, -0.05) is 11.6 Å². The molecule has 0 aliphatic heterocycles. The second-order valence-corrected chi connectivity index (χ2v) is 6.91. The van der Waals surface area contributed by atoms with Crippen LogP contribution >= 0.6 is 11.6 Å². The van der Waals surface area contributed by atoms with E-state index in [9.17, 15) is 22.4 Å². The maximum Gasteiger partial charge on any atom is 0.422 e. The van der Waals surface area contributed by atoms with Gasteiger partial charge in [-0.25, -0.2) is 4.39 Å². The van der Waals surface area contributed by atoms with Crippen LogP contribution in [0.25, 0.3) is 11.3 Å². The molecule has 0 aliphatic carbocycles. The number of benzene rings is 1. The summed E-state index contributed by atoms with van der Waals surface area (Å²) >= 11 is 6.23. The number of alkyl halides is 4. The number of nitrogens with one attached hydrogen (secondary N) is 1. The number of nitrogens with zero attached hydrogens (tertiary/aromatic N) is 2. The number of aromatic nitrogens is 2. The first kappa shape index (κ1) is 22.5. The minimum absolute atomic E-state index is 0.0404. The molecule has 31 heavy (non-hydrogen) atoms. The number of ether oxygens (including phenoxy) is 1. The van der Waals surface area contributed by atoms with Crippen molar-refractivity contribution >= 4 is 23.2 Å². The highest BCUT2D eigenvalue weighted by molar-refractivity contribution is 6.33. The Morgan fingerprint density at radius 1 is 1.16 bits per heavy atom. The number of rotatable bonds is 6. The molecule has 2 aromatic heterocycles. The van der Waals surface area contributed by atoms with E-state index < -0.39 is 25.4 Å². The third-order valence-corrected chi connectivity index (χ3v) is 4.49. The van der Waals surface area contributed by atoms with Crippen molar-refractivity contribution in [2.24, 2.45) is 0 Å². The highest BCUT2D eigenvalue weighted by Crippen LogP contribution is 2.30. The Hall–Kier alpha value is -3.20. The normalized spacial score (nSPS) is 11.3. The predicted octanol–water partition coefficient (Wildman–Crippen LogP) is 5.77. The topological polar surface area (TPSA) is 64.1 Å². The Balaban J connectivity index is 1.78. The van der Waals surface area contributed by atoms with Gasteiger partial charge in [0.15, 0.2) is 6.61 Å². The van der Waals surface area contributed by atoms with Crippen LogP contribution in [-0.2, 0) is 6.67 Å². The molecule has 1 N–H and O–H groups in total. The van der Waals surface area contributed by atoms with E-state index in [1.807, 2.05) is 0 Å². The van der Waals surface area contributed by atoms with Gasteiger partial charge in [0.1, 0.15) is 12.4 Å². The van der Waals surface area contributed by atoms with Crippen molar-refractivity contribution in [1.29, 1.82) is 0 Å². The van der Waals surface area contributed by atoms with E-state index in [1.165, 1.54) is 24.3 Å². The molecule has 0 fully saturated rings. The number of carbonyl (C=O) groups excluding carboxylic acids is 1. The van der Waals surface area contributed by atoms with Crippen molar-refractivity contribution in [2.45, 2.75) is 19.8 Å². The van der Waals surface area contributed by atoms with Crippen molar-refractivity contribution in [3.05, 3.63) is 70.6 Å². The summed E-state index contributed by atoms with van der Waals surface area (Å²) in [6, 6.07) is 10.5. The fraction of sp³-hybridized carbons (Fsp3) is 0.190. The van der Waals surface area contributed by atoms with Crippen molar-refractivity contribution in [3.8, 4) is 17.0 Å². The number of aryl methyl sites for hydroxylation is 1. The Labute approximate surface area is 180 Å². The average Bonchev–Trinajstić information content (AvgIpc) is 2.73. The van der Waals surface area contributed by atoms with Gasteiger partial charge in [-0.15, -0.1) is 0 Å². The predicted molar refractivity (Wildman–Crippen MR) is 108 cm³/mol. The lowest BCUT2D eigenvalue weighted by molar-refractivity contribution is -0.153. The highest BCUT2D eigenvalue weighted by Gasteiger charge is 2.28. The molecular formula is C21H16ClF4N3O2. The van der Waals surface area contributed by atoms with E-state index >= 15 is 0 Å². The zero-order valence-corrected chi connectivity index (χ0v) is 16.9. The molecule has 3 rings (SSSR count). The third-order valence-electron chi connectivity index (χ3n) is 4.16. The van der Waals surface area contributed by atoms with Gasteiger partial charge in [0.2, 0.25) is 0 Å². The Bertz CT molecular complexity index is 1090. The Morgan fingerprint density at radius 3 is 2.55 bits per heavy atom. The van der Waals surface area contributed by atoms with Gasteiger partial charge < -0.3 is 10.1 Å². The van der Waals surface area contributed by atoms with Crippen LogP contribution in [0.5, 0.6) is 5.75 Å². The average molecular weight is 454 g/mol. The zero-order valence-electron chi connectivity index (χ0n) is 16.1. The van der Waals surface area contributed by atoms with Gasteiger partial charge in [0.25, 0.3) is 5.91 Å². The van der Waals surface area contributed by atoms with E-state index in [1.54, 1.807) is 25.1 Å². The van der Waals surface area contributed by atoms with E-state index in [0.29, 0.717) is 27.7 Å². The summed E-state index contributed by atoms with van der Waals surface area (Å²) in [4.78, 5) is 20.7. The molecule has 0 aliphatic rings. The molecular weight excluding hydrogens is 438 g/mol. The minimum atomic E-state index is -4.45. The molecule has 5 nitrogen and oxygen atoms in total. The smallest absolute Gasteiger partial charge is 0.422 e. The molecule has 0 bridgehead atoms. The van der Waals surface area contributed by atoms with Crippen LogP contribution in [0.2, 0.25) is 5.02 Å². The number of pyridine rings is 2. The van der Waals surface area contributed by atoms with Gasteiger partial charge in [-0.2, -0.15) is 13.2 Å². The molecule has 3 aromatic rings. The first-order chi connectivity index (χ1) is 14.7. The van der Waals surface area contributed by atoms with E-state index in [4.69, 9.17) is 11.6 Å². The van der Waals surface area contributed by atoms with Crippen LogP contribution in [0.3, 0.4) is 0 Å². The highest BCUT2D eigenvalue weighted by atomic mass is 35.5. The number of halogens is 5. The number of hydrogen-bond acceptors (Lipinski definition) is 4. The Kier molecular flexibility index (Phi) is 6.74. The van der Waals surface area contributed by atoms with Crippen LogP contribution < -0.4 is 10.1 Å². The van der Waals surface area contributed by atoms with Crippen molar-refractivity contribution in [2.75, 3.05) is 11.9 Å². The molecule has 10 heteroatoms. The maximum atomic E-state index is 12.7. The standard InChI is InChI=1S/C21H16ClF4N3O2/c1-12-16(5-2-14(9-23)28-12)20(30)29-13-3-6-18(22)17(8-13)19-7-4-15(10-27-19)31-11-21(24,25)26/h2-8,10H,9,11H2,1H3,(H,29,30). The van der Waals surface area contributed by atoms with Crippen molar-refractivity contribution in [1.82, 2.24) is 9.97 Å². The molecule has 0 atom stereocenters. The van der Waals surface area contributed by atoms with Gasteiger partial charge in [0.05, 0.1) is 33.9 Å². The summed E-state index contributed by atoms with van der Waals surface area (Å²) in [5.41, 5.74) is 2.17. The van der Waals surface area contributed by atoms with Crippen LogP contribution in [0.4, 0.5) is 23.2 Å². The van der Waals surface area contributed by atoms with E-state index in [-0.39, 0.29) is 17.0 Å². The van der Waals surface area contributed by atoms with Crippen LogP contribution in [0.15, 0.2) is 48.7 Å². The number of carbonyl (C=O) groups is 1. The minimum Gasteiger partial charge on any atom is -0.483 e. The number of amides is 1. The van der Waals surface area contributed by atoms with Crippen molar-refractivity contribution < 1.29 is 27.1 Å². The number of anilines is 1. The summed E-state index contributed by atoms with van der Waals surface area (Å²) < 4.78 is 54.1. The van der Waals surface area contributed by atoms with Gasteiger partial charge >= 0.3 is 6.18 Å². The maximum absolute atomic E-state index is 12.7. The van der Waals surface area contributed by atoms with Crippen LogP contribution in [0.1, 0.15) is 21.7 Å². The fourth-order valence-corrected chi connectivity index (χ4v) is 2.93. The monoisotopic (exact) mass is 453 g/mol.